The predicted molar refractivity (Wildman–Crippen MR) is 204 cm³/mol. The highest BCUT2D eigenvalue weighted by atomic mass is 19.1. The summed E-state index contributed by atoms with van der Waals surface area (Å²) in [7, 11) is 0. The van der Waals surface area contributed by atoms with Crippen LogP contribution in [0.3, 0.4) is 0 Å². The fraction of sp³-hybridized carbons (Fsp3) is 0.190. The molecule has 1 saturated carbocycles. The molecule has 0 saturated heterocycles. The van der Waals surface area contributed by atoms with E-state index >= 15 is 0 Å². The lowest BCUT2D eigenvalue weighted by molar-refractivity contribution is 0.155. The first-order valence-electron chi connectivity index (χ1n) is 18.0. The van der Waals surface area contributed by atoms with E-state index in [2.05, 4.69) is 31.7 Å². The van der Waals surface area contributed by atoms with Crippen LogP contribution in [0.5, 0.6) is 0 Å². The number of hydrogen-bond acceptors (Lipinski definition) is 8. The van der Waals surface area contributed by atoms with E-state index in [4.69, 9.17) is 4.98 Å². The van der Waals surface area contributed by atoms with Gasteiger partial charge in [-0.25, -0.2) is 28.7 Å². The molecular formula is C42H34F2N10O2. The number of hydrogen-bond donors (Lipinski definition) is 2. The molecule has 0 bridgehead atoms. The van der Waals surface area contributed by atoms with Gasteiger partial charge in [-0.05, 0) is 85.6 Å². The quantitative estimate of drug-likeness (QED) is 0.163. The first-order chi connectivity index (χ1) is 27.4. The first-order valence-corrected chi connectivity index (χ1v) is 18.0. The number of benzene rings is 2. The number of fused-ring (bicyclic) bond motifs is 2. The van der Waals surface area contributed by atoms with Crippen LogP contribution < -0.4 is 0 Å². The molecule has 0 spiro atoms. The van der Waals surface area contributed by atoms with Crippen LogP contribution in [0.4, 0.5) is 8.78 Å². The van der Waals surface area contributed by atoms with Crippen molar-refractivity contribution in [1.29, 1.82) is 10.5 Å². The zero-order valence-electron chi connectivity index (χ0n) is 29.9. The van der Waals surface area contributed by atoms with E-state index < -0.39 is 6.04 Å². The van der Waals surface area contributed by atoms with Gasteiger partial charge in [-0.15, -0.1) is 0 Å². The number of rotatable bonds is 8. The summed E-state index contributed by atoms with van der Waals surface area (Å²) < 4.78 is 34.2. The van der Waals surface area contributed by atoms with Crippen molar-refractivity contribution in [3.05, 3.63) is 133 Å². The minimum Gasteiger partial charge on any atom is -0.394 e. The molecule has 278 valence electrons. The maximum atomic E-state index is 13.4. The average molecular weight is 749 g/mol. The Labute approximate surface area is 319 Å². The van der Waals surface area contributed by atoms with E-state index in [0.29, 0.717) is 45.6 Å². The van der Waals surface area contributed by atoms with Gasteiger partial charge in [0.1, 0.15) is 46.5 Å². The van der Waals surface area contributed by atoms with Crippen LogP contribution in [0.25, 0.3) is 56.3 Å². The first kappa shape index (κ1) is 36.0. The van der Waals surface area contributed by atoms with Gasteiger partial charge in [0.25, 0.3) is 0 Å². The standard InChI is InChI=1S/C22H18FN5.C20H16FN5O2/c23-17-8-5-15(6-9-17)21-22(28(14-26-21)18-3-1-2-4-18)16-7-10-20-25-12-19(11-24)27(20)13-16;21-15-4-1-13(2-5-15)19-20(26(12-24-19)17(10-27)11-28)14-3-6-18-23-8-16(7-22)25(18)9-14/h5-10,12-14,18H,1-4H2;1-6,8-9,12,17,27-28H,10-11H2. The zero-order valence-corrected chi connectivity index (χ0v) is 29.9. The molecular weight excluding hydrogens is 715 g/mol. The second-order valence-electron chi connectivity index (χ2n) is 13.5. The van der Waals surface area contributed by atoms with Gasteiger partial charge in [-0.2, -0.15) is 10.5 Å². The van der Waals surface area contributed by atoms with Crippen molar-refractivity contribution in [2.45, 2.75) is 37.8 Å². The summed E-state index contributed by atoms with van der Waals surface area (Å²) in [6.45, 7) is -0.557. The van der Waals surface area contributed by atoms with E-state index in [1.807, 2.05) is 30.7 Å². The number of halogens is 2. The highest BCUT2D eigenvalue weighted by Crippen LogP contribution is 2.39. The lowest BCUT2D eigenvalue weighted by Gasteiger charge is -2.17. The summed E-state index contributed by atoms with van der Waals surface area (Å²) in [4.78, 5) is 17.6. The Kier molecular flexibility index (Phi) is 9.89. The molecule has 8 aromatic rings. The van der Waals surface area contributed by atoms with Crippen molar-refractivity contribution >= 4 is 11.3 Å². The Balaban J connectivity index is 0.000000157. The third-order valence-electron chi connectivity index (χ3n) is 10.1. The molecule has 12 nitrogen and oxygen atoms in total. The van der Waals surface area contributed by atoms with Gasteiger partial charge in [0, 0.05) is 40.7 Å². The van der Waals surface area contributed by atoms with Crippen LogP contribution in [0.1, 0.15) is 49.2 Å². The molecule has 1 aliphatic rings. The Hall–Kier alpha value is -7.00. The molecule has 14 heteroatoms. The van der Waals surface area contributed by atoms with Gasteiger partial charge in [0.2, 0.25) is 0 Å². The van der Waals surface area contributed by atoms with E-state index in [1.54, 1.807) is 56.1 Å². The molecule has 0 amide bonds. The summed E-state index contributed by atoms with van der Waals surface area (Å²) in [6.07, 6.45) is 14.9. The number of aliphatic hydroxyl groups is 2. The summed E-state index contributed by atoms with van der Waals surface area (Å²) in [5.74, 6) is -0.620. The van der Waals surface area contributed by atoms with Gasteiger partial charge in [0.05, 0.1) is 67.1 Å². The minimum atomic E-state index is -0.592. The van der Waals surface area contributed by atoms with E-state index in [9.17, 15) is 29.5 Å². The van der Waals surface area contributed by atoms with E-state index in [0.717, 1.165) is 41.0 Å². The second-order valence-corrected chi connectivity index (χ2v) is 13.5. The van der Waals surface area contributed by atoms with Gasteiger partial charge >= 0.3 is 0 Å². The summed E-state index contributed by atoms with van der Waals surface area (Å²) >= 11 is 0. The van der Waals surface area contributed by atoms with Crippen molar-refractivity contribution in [2.75, 3.05) is 13.2 Å². The molecule has 6 aromatic heterocycles. The van der Waals surface area contributed by atoms with Crippen LogP contribution >= 0.6 is 0 Å². The van der Waals surface area contributed by atoms with Crippen molar-refractivity contribution in [3.63, 3.8) is 0 Å². The molecule has 2 N–H and O–H groups in total. The van der Waals surface area contributed by atoms with Crippen LogP contribution in [-0.2, 0) is 0 Å². The summed E-state index contributed by atoms with van der Waals surface area (Å²) in [5, 5.41) is 38.0. The number of nitriles is 2. The lowest BCUT2D eigenvalue weighted by atomic mass is 10.0. The molecule has 56 heavy (non-hydrogen) atoms. The highest BCUT2D eigenvalue weighted by molar-refractivity contribution is 5.80. The Morgan fingerprint density at radius 1 is 0.625 bits per heavy atom. The van der Waals surface area contributed by atoms with Gasteiger partial charge in [-0.1, -0.05) is 12.8 Å². The molecule has 0 atom stereocenters. The maximum absolute atomic E-state index is 13.4. The third-order valence-corrected chi connectivity index (χ3v) is 10.1. The fourth-order valence-corrected chi connectivity index (χ4v) is 7.31. The summed E-state index contributed by atoms with van der Waals surface area (Å²) in [5.41, 5.74) is 8.50. The molecule has 9 rings (SSSR count). The van der Waals surface area contributed by atoms with Crippen LogP contribution in [0.15, 0.2) is 110 Å². The normalized spacial score (nSPS) is 12.9. The topological polar surface area (TPSA) is 158 Å². The average Bonchev–Trinajstić information content (AvgIpc) is 4.08. The van der Waals surface area contributed by atoms with E-state index in [-0.39, 0.29) is 24.8 Å². The molecule has 0 unspecified atom stereocenters. The largest absolute Gasteiger partial charge is 0.394 e. The Morgan fingerprint density at radius 2 is 1.09 bits per heavy atom. The molecule has 0 radical (unpaired) electrons. The summed E-state index contributed by atoms with van der Waals surface area (Å²) in [6, 6.07) is 24.0. The monoisotopic (exact) mass is 748 g/mol. The smallest absolute Gasteiger partial charge is 0.144 e. The molecule has 2 aromatic carbocycles. The molecule has 1 fully saturated rings. The lowest BCUT2D eigenvalue weighted by Crippen LogP contribution is -2.17. The highest BCUT2D eigenvalue weighted by Gasteiger charge is 2.24. The van der Waals surface area contributed by atoms with Crippen LogP contribution in [-0.4, -0.2) is 61.3 Å². The number of aliphatic hydroxyl groups excluding tert-OH is 2. The van der Waals surface area contributed by atoms with Crippen molar-refractivity contribution in [1.82, 2.24) is 37.9 Å². The van der Waals surface area contributed by atoms with E-state index in [1.165, 1.54) is 49.6 Å². The van der Waals surface area contributed by atoms with Gasteiger partial charge in [-0.3, -0.25) is 8.80 Å². The van der Waals surface area contributed by atoms with Gasteiger partial charge in [0.15, 0.2) is 0 Å². The Bertz CT molecular complexity index is 2560. The van der Waals surface area contributed by atoms with Crippen LogP contribution in [0.2, 0.25) is 0 Å². The molecule has 1 aliphatic carbocycles. The van der Waals surface area contributed by atoms with Gasteiger partial charge < -0.3 is 19.3 Å². The zero-order chi connectivity index (χ0) is 38.8. The minimum absolute atomic E-state index is 0.265. The van der Waals surface area contributed by atoms with Crippen molar-refractivity contribution in [2.24, 2.45) is 0 Å². The molecule has 0 aliphatic heterocycles. The fourth-order valence-electron chi connectivity index (χ4n) is 7.31. The predicted octanol–water partition coefficient (Wildman–Crippen LogP) is 7.39. The maximum Gasteiger partial charge on any atom is 0.144 e. The number of imidazole rings is 4. The molecule has 6 heterocycles. The third kappa shape index (κ3) is 6.68. The Morgan fingerprint density at radius 3 is 1.59 bits per heavy atom. The number of aromatic nitrogens is 8. The number of nitrogens with zero attached hydrogens (tertiary/aromatic N) is 10. The van der Waals surface area contributed by atoms with Crippen molar-refractivity contribution < 1.29 is 19.0 Å². The van der Waals surface area contributed by atoms with Crippen LogP contribution in [0, 0.1) is 34.3 Å². The SMILES string of the molecule is N#Cc1cnc2ccc(-c3c(-c4ccc(F)cc4)ncn3C(CO)CO)cn12.N#Cc1cnc2ccc(-c3c(-c4ccc(F)cc4)ncn3C3CCCC3)cn12. The second kappa shape index (κ2) is 15.4. The van der Waals surface area contributed by atoms with Crippen molar-refractivity contribution in [3.8, 4) is 57.2 Å². The number of pyridine rings is 2.